The standard InChI is InChI=1S/C17H18N2O4S/c1-23-12-17(20)19-10-9-13-7-8-14(11-16(13)19)18-24(21,22)15-5-3-2-4-6-15/h2-8,11,18H,9-10,12H2,1H3. The second-order valence-corrected chi connectivity index (χ2v) is 7.17. The average Bonchev–Trinajstić information content (AvgIpc) is 2.99. The molecule has 0 spiro atoms. The van der Waals surface area contributed by atoms with Crippen LogP contribution in [0, 0.1) is 0 Å². The minimum Gasteiger partial charge on any atom is -0.375 e. The molecule has 2 aromatic rings. The van der Waals surface area contributed by atoms with Crippen molar-refractivity contribution in [1.29, 1.82) is 0 Å². The molecule has 3 rings (SSSR count). The first-order chi connectivity index (χ1) is 11.5. The van der Waals surface area contributed by atoms with E-state index in [-0.39, 0.29) is 17.4 Å². The van der Waals surface area contributed by atoms with E-state index in [1.807, 2.05) is 6.07 Å². The van der Waals surface area contributed by atoms with Gasteiger partial charge in [0, 0.05) is 19.3 Å². The highest BCUT2D eigenvalue weighted by Gasteiger charge is 2.25. The fourth-order valence-corrected chi connectivity index (χ4v) is 3.79. The molecule has 0 bridgehead atoms. The fourth-order valence-electron chi connectivity index (χ4n) is 2.72. The molecule has 0 saturated carbocycles. The van der Waals surface area contributed by atoms with Gasteiger partial charge in [-0.1, -0.05) is 24.3 Å². The van der Waals surface area contributed by atoms with Gasteiger partial charge in [-0.05, 0) is 36.2 Å². The van der Waals surface area contributed by atoms with Crippen molar-refractivity contribution in [3.8, 4) is 0 Å². The van der Waals surface area contributed by atoms with Gasteiger partial charge in [0.1, 0.15) is 6.61 Å². The van der Waals surface area contributed by atoms with Gasteiger partial charge in [-0.3, -0.25) is 9.52 Å². The van der Waals surface area contributed by atoms with Crippen LogP contribution in [0.1, 0.15) is 5.56 Å². The van der Waals surface area contributed by atoms with Gasteiger partial charge in [0.25, 0.3) is 15.9 Å². The quantitative estimate of drug-likeness (QED) is 0.899. The van der Waals surface area contributed by atoms with Crippen LogP contribution in [0.4, 0.5) is 11.4 Å². The van der Waals surface area contributed by atoms with Gasteiger partial charge in [0.2, 0.25) is 0 Å². The Kier molecular flexibility index (Phi) is 4.55. The minimum atomic E-state index is -3.66. The molecule has 7 heteroatoms. The molecule has 0 saturated heterocycles. The summed E-state index contributed by atoms with van der Waals surface area (Å²) in [6.07, 6.45) is 0.747. The largest absolute Gasteiger partial charge is 0.375 e. The first-order valence-corrected chi connectivity index (χ1v) is 9.00. The number of rotatable bonds is 5. The van der Waals surface area contributed by atoms with Crippen molar-refractivity contribution in [2.75, 3.05) is 29.9 Å². The van der Waals surface area contributed by atoms with Crippen LogP contribution in [0.25, 0.3) is 0 Å². The van der Waals surface area contributed by atoms with E-state index in [2.05, 4.69) is 4.72 Å². The van der Waals surface area contributed by atoms with Gasteiger partial charge < -0.3 is 9.64 Å². The monoisotopic (exact) mass is 346 g/mol. The van der Waals surface area contributed by atoms with Gasteiger partial charge >= 0.3 is 0 Å². The van der Waals surface area contributed by atoms with Crippen molar-refractivity contribution >= 4 is 27.3 Å². The SMILES string of the molecule is COCC(=O)N1CCc2ccc(NS(=O)(=O)c3ccccc3)cc21. The molecule has 6 nitrogen and oxygen atoms in total. The zero-order chi connectivity index (χ0) is 17.2. The number of benzene rings is 2. The van der Waals surface area contributed by atoms with E-state index in [0.717, 1.165) is 17.7 Å². The van der Waals surface area contributed by atoms with Crippen molar-refractivity contribution in [3.05, 3.63) is 54.1 Å². The third-order valence-electron chi connectivity index (χ3n) is 3.86. The molecule has 1 N–H and O–H groups in total. The van der Waals surface area contributed by atoms with Crippen LogP contribution < -0.4 is 9.62 Å². The van der Waals surface area contributed by atoms with Crippen molar-refractivity contribution in [2.24, 2.45) is 0 Å². The summed E-state index contributed by atoms with van der Waals surface area (Å²) in [6.45, 7) is 0.575. The summed E-state index contributed by atoms with van der Waals surface area (Å²) in [5.41, 5.74) is 2.17. The van der Waals surface area contributed by atoms with Crippen LogP contribution in [-0.2, 0) is 26.0 Å². The second-order valence-electron chi connectivity index (χ2n) is 5.49. The van der Waals surface area contributed by atoms with E-state index in [0.29, 0.717) is 12.2 Å². The number of nitrogens with one attached hydrogen (secondary N) is 1. The lowest BCUT2D eigenvalue weighted by molar-refractivity contribution is -0.122. The summed E-state index contributed by atoms with van der Waals surface area (Å²) in [6, 6.07) is 13.4. The van der Waals surface area contributed by atoms with Crippen molar-refractivity contribution in [1.82, 2.24) is 0 Å². The molecule has 1 aliphatic rings. The van der Waals surface area contributed by atoms with E-state index in [4.69, 9.17) is 4.74 Å². The highest BCUT2D eigenvalue weighted by atomic mass is 32.2. The van der Waals surface area contributed by atoms with Crippen LogP contribution in [0.2, 0.25) is 0 Å². The van der Waals surface area contributed by atoms with Crippen molar-refractivity contribution in [2.45, 2.75) is 11.3 Å². The Bertz CT molecular complexity index is 850. The number of hydrogen-bond donors (Lipinski definition) is 1. The number of hydrogen-bond acceptors (Lipinski definition) is 4. The lowest BCUT2D eigenvalue weighted by Crippen LogP contribution is -2.32. The molecule has 1 amide bonds. The predicted octanol–water partition coefficient (Wildman–Crippen LogP) is 2.02. The van der Waals surface area contributed by atoms with Gasteiger partial charge in [0.05, 0.1) is 10.6 Å². The molecule has 0 radical (unpaired) electrons. The Labute approximate surface area is 141 Å². The molecular weight excluding hydrogens is 328 g/mol. The van der Waals surface area contributed by atoms with Gasteiger partial charge in [-0.25, -0.2) is 8.42 Å². The lowest BCUT2D eigenvalue weighted by atomic mass is 10.1. The number of ether oxygens (including phenoxy) is 1. The maximum absolute atomic E-state index is 12.4. The summed E-state index contributed by atoms with van der Waals surface area (Å²) in [7, 11) is -2.19. The normalized spacial score (nSPS) is 13.6. The van der Waals surface area contributed by atoms with E-state index in [1.165, 1.54) is 19.2 Å². The molecule has 0 aromatic heterocycles. The van der Waals surface area contributed by atoms with Crippen LogP contribution in [0.15, 0.2) is 53.4 Å². The van der Waals surface area contributed by atoms with Crippen LogP contribution in [-0.4, -0.2) is 34.6 Å². The zero-order valence-electron chi connectivity index (χ0n) is 13.2. The molecule has 0 atom stereocenters. The Morgan fingerprint density at radius 2 is 1.96 bits per heavy atom. The zero-order valence-corrected chi connectivity index (χ0v) is 14.0. The van der Waals surface area contributed by atoms with Gasteiger partial charge in [-0.15, -0.1) is 0 Å². The molecule has 1 heterocycles. The molecule has 0 aliphatic carbocycles. The van der Waals surface area contributed by atoms with Crippen molar-refractivity contribution < 1.29 is 17.9 Å². The molecule has 24 heavy (non-hydrogen) atoms. The highest BCUT2D eigenvalue weighted by Crippen LogP contribution is 2.31. The highest BCUT2D eigenvalue weighted by molar-refractivity contribution is 7.92. The lowest BCUT2D eigenvalue weighted by Gasteiger charge is -2.18. The number of sulfonamides is 1. The average molecular weight is 346 g/mol. The third kappa shape index (κ3) is 3.27. The Morgan fingerprint density at radius 1 is 1.21 bits per heavy atom. The molecule has 1 aliphatic heterocycles. The van der Waals surface area contributed by atoms with Crippen LogP contribution >= 0.6 is 0 Å². The Hall–Kier alpha value is -2.38. The number of carbonyl (C=O) groups excluding carboxylic acids is 1. The minimum absolute atomic E-state index is 0.000585. The molecule has 126 valence electrons. The smallest absolute Gasteiger partial charge is 0.261 e. The maximum atomic E-state index is 12.4. The first-order valence-electron chi connectivity index (χ1n) is 7.51. The summed E-state index contributed by atoms with van der Waals surface area (Å²) in [5, 5.41) is 0. The Morgan fingerprint density at radius 3 is 2.67 bits per heavy atom. The van der Waals surface area contributed by atoms with E-state index in [9.17, 15) is 13.2 Å². The number of nitrogens with zero attached hydrogens (tertiary/aromatic N) is 1. The topological polar surface area (TPSA) is 75.7 Å². The number of methoxy groups -OCH3 is 1. The molecule has 0 fully saturated rings. The van der Waals surface area contributed by atoms with Crippen LogP contribution in [0.5, 0.6) is 0 Å². The van der Waals surface area contributed by atoms with Gasteiger partial charge in [-0.2, -0.15) is 0 Å². The van der Waals surface area contributed by atoms with E-state index >= 15 is 0 Å². The maximum Gasteiger partial charge on any atom is 0.261 e. The molecular formula is C17H18N2O4S. The number of carbonyl (C=O) groups is 1. The summed E-state index contributed by atoms with van der Waals surface area (Å²) < 4.78 is 32.3. The molecule has 0 unspecified atom stereocenters. The Balaban J connectivity index is 1.87. The number of amides is 1. The number of anilines is 2. The van der Waals surface area contributed by atoms with Crippen LogP contribution in [0.3, 0.4) is 0 Å². The third-order valence-corrected chi connectivity index (χ3v) is 5.25. The fraction of sp³-hybridized carbons (Fsp3) is 0.235. The summed E-state index contributed by atoms with van der Waals surface area (Å²) >= 11 is 0. The first kappa shape index (κ1) is 16.5. The predicted molar refractivity (Wildman–Crippen MR) is 91.6 cm³/mol. The van der Waals surface area contributed by atoms with E-state index in [1.54, 1.807) is 35.2 Å². The van der Waals surface area contributed by atoms with Crippen molar-refractivity contribution in [3.63, 3.8) is 0 Å². The summed E-state index contributed by atoms with van der Waals surface area (Å²) in [4.78, 5) is 13.9. The second kappa shape index (κ2) is 6.62. The van der Waals surface area contributed by atoms with Gasteiger partial charge in [0.15, 0.2) is 0 Å². The van der Waals surface area contributed by atoms with E-state index < -0.39 is 10.0 Å². The summed E-state index contributed by atoms with van der Waals surface area (Å²) in [5.74, 6) is -0.140. The number of fused-ring (bicyclic) bond motifs is 1. The molecule has 2 aromatic carbocycles.